The van der Waals surface area contributed by atoms with Gasteiger partial charge in [-0.3, -0.25) is 4.79 Å². The van der Waals surface area contributed by atoms with Crippen LogP contribution in [0.15, 0.2) is 41.6 Å². The minimum Gasteiger partial charge on any atom is -0.345 e. The Morgan fingerprint density at radius 2 is 1.95 bits per heavy atom. The van der Waals surface area contributed by atoms with Gasteiger partial charge in [-0.25, -0.2) is 15.0 Å². The van der Waals surface area contributed by atoms with Gasteiger partial charge in [-0.2, -0.15) is 9.78 Å². The first-order valence-corrected chi connectivity index (χ1v) is 6.39. The van der Waals surface area contributed by atoms with E-state index < -0.39 is 0 Å². The standard InChI is InChI=1S/C14H10N6O.ClH/c1-8-3-4-9-11-10(7-17-12(9)18-8)13(21)20(19-11)14-15-5-2-6-16-14;/h2-7H,1H3,(H,17,18);1H. The molecule has 0 aromatic carbocycles. The number of rotatable bonds is 1. The normalized spacial score (nSPS) is 10.8. The highest BCUT2D eigenvalue weighted by molar-refractivity contribution is 5.91. The zero-order valence-corrected chi connectivity index (χ0v) is 12.3. The quantitative estimate of drug-likeness (QED) is 0.578. The Balaban J connectivity index is 0.00000144. The number of H-pyrrole nitrogens is 1. The number of aromatic amines is 1. The number of aryl methyl sites for hydroxylation is 1. The van der Waals surface area contributed by atoms with Crippen LogP contribution in [-0.2, 0) is 0 Å². The Labute approximate surface area is 130 Å². The molecule has 0 saturated carbocycles. The second-order valence-corrected chi connectivity index (χ2v) is 4.67. The largest absolute Gasteiger partial charge is 0.345 e. The summed E-state index contributed by atoms with van der Waals surface area (Å²) >= 11 is 0. The number of nitrogens with one attached hydrogen (secondary N) is 1. The summed E-state index contributed by atoms with van der Waals surface area (Å²) in [5, 5.41) is 5.16. The fraction of sp³-hybridized carbons (Fsp3) is 0.0714. The van der Waals surface area contributed by atoms with E-state index in [1.54, 1.807) is 24.7 Å². The Hall–Kier alpha value is -2.80. The van der Waals surface area contributed by atoms with E-state index in [4.69, 9.17) is 0 Å². The second kappa shape index (κ2) is 5.19. The van der Waals surface area contributed by atoms with Crippen molar-refractivity contribution in [2.24, 2.45) is 0 Å². The van der Waals surface area contributed by atoms with Crippen molar-refractivity contribution in [3.05, 3.63) is 52.8 Å². The van der Waals surface area contributed by atoms with Crippen LogP contribution in [-0.4, -0.2) is 29.7 Å². The highest BCUT2D eigenvalue weighted by Crippen LogP contribution is 2.24. The van der Waals surface area contributed by atoms with Crippen LogP contribution < -0.4 is 5.56 Å². The average molecular weight is 315 g/mol. The number of aromatic nitrogens is 6. The van der Waals surface area contributed by atoms with Crippen LogP contribution in [0.5, 0.6) is 0 Å². The van der Waals surface area contributed by atoms with Crippen molar-refractivity contribution in [1.29, 1.82) is 0 Å². The molecule has 0 atom stereocenters. The van der Waals surface area contributed by atoms with Crippen molar-refractivity contribution < 1.29 is 0 Å². The predicted molar refractivity (Wildman–Crippen MR) is 83.7 cm³/mol. The van der Waals surface area contributed by atoms with Crippen molar-refractivity contribution in [1.82, 2.24) is 29.7 Å². The lowest BCUT2D eigenvalue weighted by Crippen LogP contribution is -2.16. The molecule has 2 aliphatic rings. The lowest BCUT2D eigenvalue weighted by molar-refractivity contribution is 0.790. The molecule has 0 spiro atoms. The first kappa shape index (κ1) is 14.2. The molecule has 0 unspecified atom stereocenters. The van der Waals surface area contributed by atoms with Gasteiger partial charge in [-0.05, 0) is 25.1 Å². The van der Waals surface area contributed by atoms with Gasteiger partial charge in [0.15, 0.2) is 0 Å². The summed E-state index contributed by atoms with van der Waals surface area (Å²) in [6, 6.07) is 5.48. The number of hydrogen-bond donors (Lipinski definition) is 1. The number of halogens is 1. The molecule has 0 fully saturated rings. The summed E-state index contributed by atoms with van der Waals surface area (Å²) in [5.41, 5.74) is 2.41. The van der Waals surface area contributed by atoms with Gasteiger partial charge in [0.25, 0.3) is 11.5 Å². The smallest absolute Gasteiger partial charge is 0.285 e. The maximum absolute atomic E-state index is 12.4. The third kappa shape index (κ3) is 2.03. The highest BCUT2D eigenvalue weighted by atomic mass is 35.5. The van der Waals surface area contributed by atoms with Gasteiger partial charge >= 0.3 is 0 Å². The molecule has 110 valence electrons. The zero-order chi connectivity index (χ0) is 14.4. The monoisotopic (exact) mass is 314 g/mol. The van der Waals surface area contributed by atoms with E-state index in [0.29, 0.717) is 16.9 Å². The van der Waals surface area contributed by atoms with Gasteiger partial charge in [0.05, 0.1) is 5.56 Å². The minimum atomic E-state index is -0.255. The number of nitrogens with zero attached hydrogens (tertiary/aromatic N) is 5. The lowest BCUT2D eigenvalue weighted by Gasteiger charge is -2.02. The predicted octanol–water partition coefficient (Wildman–Crippen LogP) is 1.73. The van der Waals surface area contributed by atoms with E-state index in [2.05, 4.69) is 25.0 Å². The van der Waals surface area contributed by atoms with E-state index in [-0.39, 0.29) is 23.9 Å². The molecule has 0 radical (unpaired) electrons. The van der Waals surface area contributed by atoms with Gasteiger partial charge in [0.2, 0.25) is 0 Å². The van der Waals surface area contributed by atoms with E-state index in [0.717, 1.165) is 11.1 Å². The summed E-state index contributed by atoms with van der Waals surface area (Å²) < 4.78 is 1.21. The SMILES string of the molecule is Cc1ccc2c3nn(-c4ncccn4)c(=O)c-3c[nH]c2n1.Cl. The third-order valence-electron chi connectivity index (χ3n) is 3.26. The van der Waals surface area contributed by atoms with E-state index in [1.807, 2.05) is 19.1 Å². The Morgan fingerprint density at radius 3 is 2.73 bits per heavy atom. The Kier molecular flexibility index (Phi) is 3.34. The van der Waals surface area contributed by atoms with E-state index in [1.165, 1.54) is 4.68 Å². The molecular weight excluding hydrogens is 304 g/mol. The summed E-state index contributed by atoms with van der Waals surface area (Å²) in [5.74, 6) is 0.256. The Morgan fingerprint density at radius 1 is 1.18 bits per heavy atom. The number of pyridine rings is 2. The lowest BCUT2D eigenvalue weighted by atomic mass is 10.1. The zero-order valence-electron chi connectivity index (χ0n) is 11.5. The molecule has 4 heterocycles. The van der Waals surface area contributed by atoms with Crippen molar-refractivity contribution in [3.63, 3.8) is 0 Å². The van der Waals surface area contributed by atoms with Gasteiger partial charge in [-0.15, -0.1) is 12.4 Å². The summed E-state index contributed by atoms with van der Waals surface area (Å²) in [6.45, 7) is 1.91. The van der Waals surface area contributed by atoms with Gasteiger partial charge in [0.1, 0.15) is 11.3 Å². The van der Waals surface area contributed by atoms with E-state index >= 15 is 0 Å². The average Bonchev–Trinajstić information content (AvgIpc) is 2.85. The summed E-state index contributed by atoms with van der Waals surface area (Å²) in [6.07, 6.45) is 4.77. The molecule has 0 bridgehead atoms. The van der Waals surface area contributed by atoms with Crippen molar-refractivity contribution >= 4 is 23.4 Å². The summed E-state index contributed by atoms with van der Waals surface area (Å²) in [4.78, 5) is 28.0. The molecule has 4 rings (SSSR count). The van der Waals surface area contributed by atoms with E-state index in [9.17, 15) is 4.79 Å². The molecule has 2 aromatic rings. The fourth-order valence-electron chi connectivity index (χ4n) is 2.28. The molecule has 0 aliphatic carbocycles. The maximum atomic E-state index is 12.4. The van der Waals surface area contributed by atoms with Crippen LogP contribution in [0.2, 0.25) is 0 Å². The molecule has 8 heteroatoms. The van der Waals surface area contributed by atoms with Crippen LogP contribution in [0.4, 0.5) is 0 Å². The number of fused-ring (bicyclic) bond motifs is 3. The minimum absolute atomic E-state index is 0. The van der Waals surface area contributed by atoms with Crippen molar-refractivity contribution in [3.8, 4) is 17.2 Å². The van der Waals surface area contributed by atoms with Crippen LogP contribution >= 0.6 is 12.4 Å². The highest BCUT2D eigenvalue weighted by Gasteiger charge is 2.20. The third-order valence-corrected chi connectivity index (χ3v) is 3.26. The van der Waals surface area contributed by atoms with Crippen LogP contribution in [0.1, 0.15) is 5.69 Å². The second-order valence-electron chi connectivity index (χ2n) is 4.67. The van der Waals surface area contributed by atoms with Gasteiger partial charge in [0, 0.05) is 29.7 Å². The Bertz CT molecular complexity index is 978. The molecule has 2 aromatic heterocycles. The maximum Gasteiger partial charge on any atom is 0.285 e. The van der Waals surface area contributed by atoms with Crippen molar-refractivity contribution in [2.75, 3.05) is 0 Å². The first-order chi connectivity index (χ1) is 10.2. The topological polar surface area (TPSA) is 89.4 Å². The molecule has 7 nitrogen and oxygen atoms in total. The molecular formula is C14H11ClN6O. The first-order valence-electron chi connectivity index (χ1n) is 6.39. The van der Waals surface area contributed by atoms with Gasteiger partial charge < -0.3 is 4.98 Å². The van der Waals surface area contributed by atoms with Crippen LogP contribution in [0, 0.1) is 6.92 Å². The molecule has 0 saturated heterocycles. The molecule has 2 aliphatic heterocycles. The van der Waals surface area contributed by atoms with Crippen LogP contribution in [0.3, 0.4) is 0 Å². The summed E-state index contributed by atoms with van der Waals surface area (Å²) in [7, 11) is 0. The molecule has 0 amide bonds. The van der Waals surface area contributed by atoms with Gasteiger partial charge in [-0.1, -0.05) is 0 Å². The molecule has 1 N–H and O–H groups in total. The number of hydrogen-bond acceptors (Lipinski definition) is 5. The fourth-order valence-corrected chi connectivity index (χ4v) is 2.28. The van der Waals surface area contributed by atoms with Crippen LogP contribution in [0.25, 0.3) is 28.2 Å². The van der Waals surface area contributed by atoms with Crippen molar-refractivity contribution in [2.45, 2.75) is 6.92 Å². The molecule has 22 heavy (non-hydrogen) atoms.